The smallest absolute Gasteiger partial charge is 0.0738 e. The van der Waals surface area contributed by atoms with E-state index >= 15 is 0 Å². The van der Waals surface area contributed by atoms with Gasteiger partial charge in [0.05, 0.1) is 10.3 Å². The van der Waals surface area contributed by atoms with Crippen LogP contribution in [0.3, 0.4) is 0 Å². The Hall–Kier alpha value is -1.87. The largest absolute Gasteiger partial charge is 0.653 e. The molecular weight excluding hydrogens is 426 g/mol. The van der Waals surface area contributed by atoms with Crippen LogP contribution < -0.4 is 0 Å². The Kier molecular flexibility index (Phi) is 17.5. The van der Waals surface area contributed by atoms with E-state index in [4.69, 9.17) is 19.7 Å². The summed E-state index contributed by atoms with van der Waals surface area (Å²) in [6.07, 6.45) is 8.02. The maximum Gasteiger partial charge on any atom is 0.0738 e. The Balaban J connectivity index is -0.000000883. The second-order valence-corrected chi connectivity index (χ2v) is 11.8. The molecule has 7 heteroatoms. The molecule has 161 valence electrons. The van der Waals surface area contributed by atoms with E-state index in [1.54, 1.807) is 0 Å². The maximum absolute atomic E-state index is 7.75. The van der Waals surface area contributed by atoms with Crippen molar-refractivity contribution in [3.8, 4) is 0 Å². The van der Waals surface area contributed by atoms with Gasteiger partial charge in [-0.3, -0.25) is 25.4 Å². The van der Waals surface area contributed by atoms with Gasteiger partial charge in [0.15, 0.2) is 0 Å². The first-order valence-electron chi connectivity index (χ1n) is 8.50. The van der Waals surface area contributed by atoms with E-state index in [1.165, 1.54) is 0 Å². The molecule has 0 amide bonds. The van der Waals surface area contributed by atoms with Crippen molar-refractivity contribution in [3.05, 3.63) is 65.1 Å². The summed E-state index contributed by atoms with van der Waals surface area (Å²) < 4.78 is 0. The molecule has 1 radical (unpaired) electrons. The van der Waals surface area contributed by atoms with Gasteiger partial charge in [-0.15, -0.1) is 11.4 Å². The molecule has 1 aromatic heterocycles. The van der Waals surface area contributed by atoms with Gasteiger partial charge in [0, 0.05) is 42.7 Å². The van der Waals surface area contributed by atoms with Crippen molar-refractivity contribution >= 4 is 34.0 Å². The zero-order chi connectivity index (χ0) is 22.4. The Bertz CT molecular complexity index is 644. The standard InChI is InChI=1S/C19H26N2P.3CHO.Mn/c1-18(2,3)22(19(4,5)6)14-15-10-9-12-17(21-15)16-11-7-8-13-20-16;3*1-2;/h7-14H,1-6H3;3*1H;/q4*-1;/p+1/b15-14-;;;;. The molecular formula is C22H30MnN2O3P-3. The molecule has 2 rings (SSSR count). The first-order chi connectivity index (χ1) is 13.2. The predicted octanol–water partition coefficient (Wildman–Crippen LogP) is 5.19. The molecule has 1 aromatic rings. The number of rotatable bonds is 2. The average molecular weight is 456 g/mol. The number of nitrogens with zero attached hydrogens (tertiary/aromatic N) is 2. The maximum atomic E-state index is 7.75. The van der Waals surface area contributed by atoms with Crippen molar-refractivity contribution in [3.63, 3.8) is 0 Å². The van der Waals surface area contributed by atoms with Crippen molar-refractivity contribution in [1.29, 1.82) is 0 Å². The molecule has 2 heterocycles. The third-order valence-electron chi connectivity index (χ3n) is 3.61. The molecule has 0 N–H and O–H groups in total. The summed E-state index contributed by atoms with van der Waals surface area (Å²) in [5.74, 6) is 2.41. The van der Waals surface area contributed by atoms with Crippen molar-refractivity contribution in [2.45, 2.75) is 51.9 Å². The molecule has 0 unspecified atom stereocenters. The van der Waals surface area contributed by atoms with E-state index in [2.05, 4.69) is 84.9 Å². The van der Waals surface area contributed by atoms with Crippen molar-refractivity contribution in [1.82, 2.24) is 4.98 Å². The molecule has 0 aromatic carbocycles. The van der Waals surface area contributed by atoms with Gasteiger partial charge in [0.25, 0.3) is 0 Å². The minimum absolute atomic E-state index is 0. The second-order valence-electron chi connectivity index (χ2n) is 7.72. The zero-order valence-electron chi connectivity index (χ0n) is 17.8. The van der Waals surface area contributed by atoms with Crippen LogP contribution in [-0.2, 0) is 31.5 Å². The van der Waals surface area contributed by atoms with Gasteiger partial charge in [-0.25, -0.2) is 0 Å². The quantitative estimate of drug-likeness (QED) is 0.265. The molecule has 1 aliphatic heterocycles. The van der Waals surface area contributed by atoms with Crippen molar-refractivity contribution < 1.29 is 31.5 Å². The van der Waals surface area contributed by atoms with Gasteiger partial charge in [-0.2, -0.15) is 0 Å². The zero-order valence-corrected chi connectivity index (χ0v) is 20.0. The SMILES string of the molecule is CC(C)(C)[PH+](/C=C1/C=CC=C(c2ccccn2)[N-]1)C(C)(C)C.[CH-]=O.[CH-]=O.[CH-]=O.[Mn]. The van der Waals surface area contributed by atoms with Gasteiger partial charge in [-0.05, 0) is 53.7 Å². The number of carbonyl (C=O) groups excluding carboxylic acids is 3. The molecule has 0 bridgehead atoms. The molecule has 0 aliphatic carbocycles. The molecule has 1 aliphatic rings. The topological polar surface area (TPSA) is 78.2 Å². The van der Waals surface area contributed by atoms with E-state index in [9.17, 15) is 0 Å². The Labute approximate surface area is 187 Å². The second kappa shape index (κ2) is 16.0. The van der Waals surface area contributed by atoms with Gasteiger partial charge in [0.2, 0.25) is 0 Å². The molecule has 0 spiro atoms. The van der Waals surface area contributed by atoms with Crippen LogP contribution >= 0.6 is 7.92 Å². The minimum atomic E-state index is -0.734. The summed E-state index contributed by atoms with van der Waals surface area (Å²) in [7, 11) is -0.734. The summed E-state index contributed by atoms with van der Waals surface area (Å²) in [6, 6.07) is 5.94. The van der Waals surface area contributed by atoms with E-state index in [0.717, 1.165) is 17.1 Å². The third kappa shape index (κ3) is 11.7. The summed E-state index contributed by atoms with van der Waals surface area (Å²) in [6.45, 7) is 23.8. The number of hydrogen-bond acceptors (Lipinski definition) is 4. The van der Waals surface area contributed by atoms with Crippen LogP contribution in [0.5, 0.6) is 0 Å². The normalized spacial score (nSPS) is 13.8. The average Bonchev–Trinajstić information content (AvgIpc) is 2.70. The van der Waals surface area contributed by atoms with Gasteiger partial charge in [-0.1, -0.05) is 24.3 Å². The summed E-state index contributed by atoms with van der Waals surface area (Å²) in [5.41, 5.74) is 2.94. The van der Waals surface area contributed by atoms with E-state index in [1.807, 2.05) is 30.5 Å². The molecule has 0 atom stereocenters. The molecule has 0 fully saturated rings. The Morgan fingerprint density at radius 1 is 0.931 bits per heavy atom. The van der Waals surface area contributed by atoms with E-state index < -0.39 is 7.92 Å². The number of hydrogen-bond donors (Lipinski definition) is 0. The van der Waals surface area contributed by atoms with Crippen LogP contribution in [0.25, 0.3) is 11.0 Å². The van der Waals surface area contributed by atoms with Gasteiger partial charge >= 0.3 is 0 Å². The minimum Gasteiger partial charge on any atom is -0.653 e. The molecule has 0 saturated carbocycles. The summed E-state index contributed by atoms with van der Waals surface area (Å²) in [5, 5.41) is 5.41. The van der Waals surface area contributed by atoms with Crippen LogP contribution in [0.4, 0.5) is 0 Å². The first-order valence-corrected chi connectivity index (χ1v) is 10.1. The van der Waals surface area contributed by atoms with Gasteiger partial charge in [0.1, 0.15) is 0 Å². The van der Waals surface area contributed by atoms with Crippen molar-refractivity contribution in [2.24, 2.45) is 0 Å². The van der Waals surface area contributed by atoms with Crippen LogP contribution in [0.2, 0.25) is 0 Å². The summed E-state index contributed by atoms with van der Waals surface area (Å²) >= 11 is 0. The molecule has 5 nitrogen and oxygen atoms in total. The van der Waals surface area contributed by atoms with Gasteiger partial charge < -0.3 is 19.7 Å². The Morgan fingerprint density at radius 3 is 1.86 bits per heavy atom. The van der Waals surface area contributed by atoms with Crippen molar-refractivity contribution in [2.75, 3.05) is 0 Å². The predicted molar refractivity (Wildman–Crippen MR) is 121 cm³/mol. The summed E-state index contributed by atoms with van der Waals surface area (Å²) in [4.78, 5) is 27.6. The monoisotopic (exact) mass is 456 g/mol. The number of pyridine rings is 1. The fraction of sp³-hybridized carbons (Fsp3) is 0.364. The van der Waals surface area contributed by atoms with E-state index in [0.29, 0.717) is 10.3 Å². The van der Waals surface area contributed by atoms with Crippen LogP contribution in [0, 0.1) is 0 Å². The van der Waals surface area contributed by atoms with E-state index in [-0.39, 0.29) is 17.1 Å². The van der Waals surface area contributed by atoms with Crippen LogP contribution in [-0.4, -0.2) is 35.7 Å². The molecule has 29 heavy (non-hydrogen) atoms. The fourth-order valence-electron chi connectivity index (χ4n) is 2.89. The van der Waals surface area contributed by atoms with Crippen LogP contribution in [0.15, 0.2) is 54.1 Å². The number of allylic oxidation sites excluding steroid dienone is 3. The molecule has 0 saturated heterocycles. The number of aromatic nitrogens is 1. The third-order valence-corrected chi connectivity index (χ3v) is 7.42. The fourth-order valence-corrected chi connectivity index (χ4v) is 6.47. The first kappa shape index (κ1) is 31.8. The Morgan fingerprint density at radius 2 is 1.45 bits per heavy atom. The van der Waals surface area contributed by atoms with Crippen LogP contribution in [0.1, 0.15) is 47.2 Å².